The third kappa shape index (κ3) is 5.49. The number of benzene rings is 1. The van der Waals surface area contributed by atoms with Crippen molar-refractivity contribution in [3.05, 3.63) is 35.9 Å². The number of halogens is 3. The van der Waals surface area contributed by atoms with Crippen LogP contribution >= 0.6 is 34.8 Å². The number of nitrogens with one attached hydrogen (secondary N) is 1. The third-order valence-electron chi connectivity index (χ3n) is 2.83. The van der Waals surface area contributed by atoms with Gasteiger partial charge in [-0.25, -0.2) is 0 Å². The van der Waals surface area contributed by atoms with Crippen LogP contribution in [-0.2, 0) is 11.3 Å². The Balaban J connectivity index is 2.80. The Bertz CT molecular complexity index is 432. The molecule has 1 atom stereocenters. The standard InChI is InChI=1S/C14H19Cl3N2O/c1-10(2)12(20)18-13(14(15,16)17)19(3)9-11-7-5-4-6-8-11/h4-8,10,13H,9H2,1-3H3,(H,18,20)/t13-/m1/s1. The molecule has 112 valence electrons. The fraction of sp³-hybridized carbons (Fsp3) is 0.500. The van der Waals surface area contributed by atoms with Gasteiger partial charge in [-0.1, -0.05) is 79.0 Å². The molecule has 20 heavy (non-hydrogen) atoms. The molecule has 0 aliphatic rings. The fourth-order valence-electron chi connectivity index (χ4n) is 1.71. The van der Waals surface area contributed by atoms with E-state index in [1.165, 1.54) is 0 Å². The monoisotopic (exact) mass is 336 g/mol. The number of nitrogens with zero attached hydrogens (tertiary/aromatic N) is 1. The Labute approximate surface area is 135 Å². The van der Waals surface area contributed by atoms with Crippen LogP contribution in [0.1, 0.15) is 19.4 Å². The van der Waals surface area contributed by atoms with Crippen LogP contribution in [0, 0.1) is 5.92 Å². The minimum atomic E-state index is -1.60. The first kappa shape index (κ1) is 17.6. The lowest BCUT2D eigenvalue weighted by Crippen LogP contribution is -2.54. The maximum Gasteiger partial charge on any atom is 0.223 e. The highest BCUT2D eigenvalue weighted by Crippen LogP contribution is 2.32. The van der Waals surface area contributed by atoms with E-state index in [4.69, 9.17) is 34.8 Å². The molecular weight excluding hydrogens is 319 g/mol. The smallest absolute Gasteiger partial charge is 0.223 e. The molecule has 3 nitrogen and oxygen atoms in total. The first-order valence-electron chi connectivity index (χ1n) is 6.33. The molecule has 0 fully saturated rings. The van der Waals surface area contributed by atoms with E-state index in [2.05, 4.69) is 5.32 Å². The fourth-order valence-corrected chi connectivity index (χ4v) is 2.37. The van der Waals surface area contributed by atoms with E-state index in [-0.39, 0.29) is 11.8 Å². The van der Waals surface area contributed by atoms with Crippen LogP contribution in [-0.4, -0.2) is 27.8 Å². The van der Waals surface area contributed by atoms with Crippen molar-refractivity contribution in [2.24, 2.45) is 5.92 Å². The predicted octanol–water partition coefficient (Wildman–Crippen LogP) is 3.59. The Morgan fingerprint density at radius 1 is 1.25 bits per heavy atom. The molecule has 0 bridgehead atoms. The Hall–Kier alpha value is -0.480. The third-order valence-corrected chi connectivity index (χ3v) is 3.45. The van der Waals surface area contributed by atoms with E-state index in [9.17, 15) is 4.79 Å². The van der Waals surface area contributed by atoms with Crippen LogP contribution in [0.5, 0.6) is 0 Å². The Morgan fingerprint density at radius 2 is 1.80 bits per heavy atom. The highest BCUT2D eigenvalue weighted by atomic mass is 35.6. The molecule has 0 aromatic heterocycles. The molecule has 0 radical (unpaired) electrons. The van der Waals surface area contributed by atoms with Crippen LogP contribution in [0.25, 0.3) is 0 Å². The number of amides is 1. The van der Waals surface area contributed by atoms with E-state index in [1.54, 1.807) is 20.9 Å². The van der Waals surface area contributed by atoms with Gasteiger partial charge < -0.3 is 5.32 Å². The molecule has 0 heterocycles. The number of rotatable bonds is 5. The van der Waals surface area contributed by atoms with Crippen molar-refractivity contribution >= 4 is 40.7 Å². The summed E-state index contributed by atoms with van der Waals surface area (Å²) in [4.78, 5) is 13.7. The van der Waals surface area contributed by atoms with Gasteiger partial charge in [0.05, 0.1) is 0 Å². The lowest BCUT2D eigenvalue weighted by molar-refractivity contribution is -0.125. The molecule has 0 saturated carbocycles. The molecule has 1 amide bonds. The summed E-state index contributed by atoms with van der Waals surface area (Å²) in [5.74, 6) is -0.323. The average molecular weight is 338 g/mol. The summed E-state index contributed by atoms with van der Waals surface area (Å²) in [6.07, 6.45) is -0.692. The summed E-state index contributed by atoms with van der Waals surface area (Å²) in [5.41, 5.74) is 1.08. The molecule has 0 saturated heterocycles. The number of alkyl halides is 3. The largest absolute Gasteiger partial charge is 0.336 e. The Morgan fingerprint density at radius 3 is 2.25 bits per heavy atom. The summed E-state index contributed by atoms with van der Waals surface area (Å²) in [6.45, 7) is 4.15. The summed E-state index contributed by atoms with van der Waals surface area (Å²) < 4.78 is -1.60. The highest BCUT2D eigenvalue weighted by molar-refractivity contribution is 6.68. The minimum Gasteiger partial charge on any atom is -0.336 e. The summed E-state index contributed by atoms with van der Waals surface area (Å²) in [7, 11) is 1.81. The summed E-state index contributed by atoms with van der Waals surface area (Å²) in [5, 5.41) is 2.77. The van der Waals surface area contributed by atoms with Crippen molar-refractivity contribution in [1.82, 2.24) is 10.2 Å². The van der Waals surface area contributed by atoms with E-state index < -0.39 is 9.96 Å². The lowest BCUT2D eigenvalue weighted by atomic mass is 10.2. The first-order valence-corrected chi connectivity index (χ1v) is 7.46. The second kappa shape index (κ2) is 7.51. The molecule has 1 aromatic carbocycles. The van der Waals surface area contributed by atoms with Crippen molar-refractivity contribution in [2.45, 2.75) is 30.4 Å². The first-order chi connectivity index (χ1) is 9.21. The topological polar surface area (TPSA) is 32.3 Å². The van der Waals surface area contributed by atoms with Crippen molar-refractivity contribution < 1.29 is 4.79 Å². The van der Waals surface area contributed by atoms with Gasteiger partial charge in [0.1, 0.15) is 6.17 Å². The molecule has 0 unspecified atom stereocenters. The maximum absolute atomic E-state index is 11.8. The molecule has 0 spiro atoms. The lowest BCUT2D eigenvalue weighted by Gasteiger charge is -2.34. The van der Waals surface area contributed by atoms with Gasteiger partial charge in [0.2, 0.25) is 9.70 Å². The number of hydrogen-bond acceptors (Lipinski definition) is 2. The zero-order valence-corrected chi connectivity index (χ0v) is 14.0. The zero-order valence-electron chi connectivity index (χ0n) is 11.7. The molecule has 0 aliphatic heterocycles. The van der Waals surface area contributed by atoms with E-state index in [0.717, 1.165) is 5.56 Å². The minimum absolute atomic E-state index is 0.152. The molecule has 0 aliphatic carbocycles. The quantitative estimate of drug-likeness (QED) is 0.658. The number of carbonyl (C=O) groups is 1. The van der Waals surface area contributed by atoms with Gasteiger partial charge in [0.25, 0.3) is 0 Å². The van der Waals surface area contributed by atoms with Crippen molar-refractivity contribution in [3.8, 4) is 0 Å². The van der Waals surface area contributed by atoms with Gasteiger partial charge in [0.15, 0.2) is 0 Å². The SMILES string of the molecule is CC(C)C(=O)N[C@H](N(C)Cc1ccccc1)C(Cl)(Cl)Cl. The van der Waals surface area contributed by atoms with Gasteiger partial charge in [-0.05, 0) is 12.6 Å². The van der Waals surface area contributed by atoms with Crippen molar-refractivity contribution in [3.63, 3.8) is 0 Å². The zero-order chi connectivity index (χ0) is 15.3. The molecule has 6 heteroatoms. The van der Waals surface area contributed by atoms with Crippen LogP contribution < -0.4 is 5.32 Å². The highest BCUT2D eigenvalue weighted by Gasteiger charge is 2.37. The van der Waals surface area contributed by atoms with E-state index in [1.807, 2.05) is 35.2 Å². The van der Waals surface area contributed by atoms with E-state index >= 15 is 0 Å². The van der Waals surface area contributed by atoms with Crippen molar-refractivity contribution in [1.29, 1.82) is 0 Å². The van der Waals surface area contributed by atoms with Crippen molar-refractivity contribution in [2.75, 3.05) is 7.05 Å². The summed E-state index contributed by atoms with van der Waals surface area (Å²) >= 11 is 18.0. The molecule has 1 aromatic rings. The van der Waals surface area contributed by atoms with Crippen LogP contribution in [0.4, 0.5) is 0 Å². The van der Waals surface area contributed by atoms with Crippen LogP contribution in [0.2, 0.25) is 0 Å². The van der Waals surface area contributed by atoms with Gasteiger partial charge in [0, 0.05) is 12.5 Å². The van der Waals surface area contributed by atoms with Gasteiger partial charge in [-0.15, -0.1) is 0 Å². The van der Waals surface area contributed by atoms with Gasteiger partial charge in [-0.3, -0.25) is 9.69 Å². The summed E-state index contributed by atoms with van der Waals surface area (Å²) in [6, 6.07) is 9.79. The van der Waals surface area contributed by atoms with E-state index in [0.29, 0.717) is 6.54 Å². The second-order valence-electron chi connectivity index (χ2n) is 5.01. The number of carbonyl (C=O) groups excluding carboxylic acids is 1. The van der Waals surface area contributed by atoms with Crippen LogP contribution in [0.15, 0.2) is 30.3 Å². The van der Waals surface area contributed by atoms with Crippen LogP contribution in [0.3, 0.4) is 0 Å². The Kier molecular flexibility index (Phi) is 6.59. The molecule has 1 N–H and O–H groups in total. The molecular formula is C14H19Cl3N2O. The predicted molar refractivity (Wildman–Crippen MR) is 85.0 cm³/mol. The maximum atomic E-state index is 11.8. The average Bonchev–Trinajstić information content (AvgIpc) is 2.35. The van der Waals surface area contributed by atoms with Gasteiger partial charge in [-0.2, -0.15) is 0 Å². The second-order valence-corrected chi connectivity index (χ2v) is 7.38. The number of hydrogen-bond donors (Lipinski definition) is 1. The molecule has 1 rings (SSSR count). The normalized spacial score (nSPS) is 13.6. The van der Waals surface area contributed by atoms with Gasteiger partial charge >= 0.3 is 0 Å².